The molecule has 1 aliphatic carbocycles. The van der Waals surface area contributed by atoms with Crippen LogP contribution in [0.5, 0.6) is 0 Å². The van der Waals surface area contributed by atoms with Crippen LogP contribution in [0.2, 0.25) is 15.1 Å². The molecule has 4 rings (SSSR count). The summed E-state index contributed by atoms with van der Waals surface area (Å²) < 4.78 is 64.7. The van der Waals surface area contributed by atoms with E-state index in [4.69, 9.17) is 58.0 Å². The van der Waals surface area contributed by atoms with E-state index < -0.39 is 63.1 Å². The van der Waals surface area contributed by atoms with Gasteiger partial charge in [-0.2, -0.15) is 13.2 Å². The summed E-state index contributed by atoms with van der Waals surface area (Å²) in [7, 11) is 0. The van der Waals surface area contributed by atoms with E-state index in [1.807, 2.05) is 5.32 Å². The third-order valence-corrected chi connectivity index (χ3v) is 7.92. The Morgan fingerprint density at radius 2 is 1.37 bits per heavy atom. The molecule has 216 valence electrons. The molecule has 3 aromatic rings. The number of anilines is 3. The lowest BCUT2D eigenvalue weighted by Crippen LogP contribution is -2.30. The number of hydrogen-bond donors (Lipinski definition) is 3. The van der Waals surface area contributed by atoms with Gasteiger partial charge >= 0.3 is 12.1 Å². The molecular formula is C25H13Cl5F5N3O3. The van der Waals surface area contributed by atoms with Crippen molar-refractivity contribution in [3.8, 4) is 0 Å². The van der Waals surface area contributed by atoms with Crippen molar-refractivity contribution in [2.45, 2.75) is 16.4 Å². The molecule has 3 N–H and O–H groups in total. The van der Waals surface area contributed by atoms with E-state index in [-0.39, 0.29) is 21.3 Å². The molecule has 0 unspecified atom stereocenters. The molecule has 41 heavy (non-hydrogen) atoms. The second-order valence-corrected chi connectivity index (χ2v) is 11.4. The SMILES string of the molecule is O=C(Nc1c(F)cc(NC(=O)C(F)(F)F)cc1F)c1cc(NC(=O)[C@H]2[C@H](c3ccc(Cl)c(Cl)c3)C2(Cl)Cl)ccc1Cl. The van der Waals surface area contributed by atoms with E-state index in [1.54, 1.807) is 6.07 Å². The van der Waals surface area contributed by atoms with Crippen LogP contribution in [0, 0.1) is 17.6 Å². The fraction of sp³-hybridized carbons (Fsp3) is 0.160. The summed E-state index contributed by atoms with van der Waals surface area (Å²) in [6, 6.07) is 9.12. The summed E-state index contributed by atoms with van der Waals surface area (Å²) >= 11 is 30.7. The van der Waals surface area contributed by atoms with Gasteiger partial charge in [-0.05, 0) is 48.0 Å². The first-order valence-corrected chi connectivity index (χ1v) is 13.0. The maximum absolute atomic E-state index is 14.5. The second kappa shape index (κ2) is 11.4. The van der Waals surface area contributed by atoms with Gasteiger partial charge in [0.25, 0.3) is 5.91 Å². The van der Waals surface area contributed by atoms with Crippen molar-refractivity contribution in [3.05, 3.63) is 86.4 Å². The molecule has 0 aromatic heterocycles. The second-order valence-electron chi connectivity index (χ2n) is 8.71. The molecule has 3 amide bonds. The summed E-state index contributed by atoms with van der Waals surface area (Å²) in [6.07, 6.45) is -5.30. The first-order valence-electron chi connectivity index (χ1n) is 11.1. The Bertz CT molecular complexity index is 1560. The largest absolute Gasteiger partial charge is 0.471 e. The highest BCUT2D eigenvalue weighted by Crippen LogP contribution is 2.65. The Labute approximate surface area is 253 Å². The van der Waals surface area contributed by atoms with E-state index >= 15 is 0 Å². The number of carbonyl (C=O) groups is 3. The van der Waals surface area contributed by atoms with Crippen molar-refractivity contribution in [1.82, 2.24) is 0 Å². The zero-order valence-electron chi connectivity index (χ0n) is 19.8. The van der Waals surface area contributed by atoms with Gasteiger partial charge in [-0.25, -0.2) is 8.78 Å². The lowest BCUT2D eigenvalue weighted by atomic mass is 10.1. The quantitative estimate of drug-likeness (QED) is 0.182. The Kier molecular flexibility index (Phi) is 8.69. The predicted octanol–water partition coefficient (Wildman–Crippen LogP) is 8.20. The van der Waals surface area contributed by atoms with Crippen LogP contribution in [0.25, 0.3) is 0 Å². The van der Waals surface area contributed by atoms with E-state index in [2.05, 4.69) is 5.32 Å². The van der Waals surface area contributed by atoms with Crippen LogP contribution >= 0.6 is 58.0 Å². The molecule has 0 spiro atoms. The maximum Gasteiger partial charge on any atom is 0.471 e. The number of carbonyl (C=O) groups excluding carboxylic acids is 3. The minimum Gasteiger partial charge on any atom is -0.326 e. The number of nitrogens with one attached hydrogen (secondary N) is 3. The first kappa shape index (κ1) is 31.1. The summed E-state index contributed by atoms with van der Waals surface area (Å²) in [4.78, 5) is 36.8. The molecule has 1 fully saturated rings. The van der Waals surface area contributed by atoms with Crippen molar-refractivity contribution >= 4 is 92.8 Å². The monoisotopic (exact) mass is 673 g/mol. The van der Waals surface area contributed by atoms with Gasteiger partial charge in [0.1, 0.15) is 10.0 Å². The van der Waals surface area contributed by atoms with Gasteiger partial charge in [-0.3, -0.25) is 14.4 Å². The fourth-order valence-electron chi connectivity index (χ4n) is 3.92. The van der Waals surface area contributed by atoms with E-state index in [1.165, 1.54) is 29.6 Å². The normalized spacial score (nSPS) is 17.5. The standard InChI is InChI=1S/C25H13Cl5F5N3O3/c26-13-4-2-10(36-22(40)19-18(24(19,29)30)9-1-3-14(27)15(28)5-9)6-12(13)21(39)38-20-16(31)7-11(8-17(20)32)37-23(41)25(33,34)35/h1-8,18-19H,(H,36,40)(H,37,41)(H,38,39)/t18-,19+/m0/s1. The van der Waals surface area contributed by atoms with Crippen LogP contribution in [0.3, 0.4) is 0 Å². The first-order chi connectivity index (χ1) is 19.0. The van der Waals surface area contributed by atoms with Crippen LogP contribution in [-0.4, -0.2) is 28.2 Å². The summed E-state index contributed by atoms with van der Waals surface area (Å²) in [6.45, 7) is 0. The van der Waals surface area contributed by atoms with Crippen molar-refractivity contribution < 1.29 is 36.3 Å². The lowest BCUT2D eigenvalue weighted by molar-refractivity contribution is -0.167. The number of hydrogen-bond acceptors (Lipinski definition) is 3. The van der Waals surface area contributed by atoms with Gasteiger partial charge in [0.15, 0.2) is 11.6 Å². The number of rotatable bonds is 6. The van der Waals surface area contributed by atoms with Crippen molar-refractivity contribution in [2.75, 3.05) is 16.0 Å². The third-order valence-electron chi connectivity index (χ3n) is 5.91. The lowest BCUT2D eigenvalue weighted by Gasteiger charge is -2.13. The van der Waals surface area contributed by atoms with Gasteiger partial charge in [-0.1, -0.05) is 40.9 Å². The van der Waals surface area contributed by atoms with Gasteiger partial charge in [-0.15, -0.1) is 23.2 Å². The third kappa shape index (κ3) is 6.65. The zero-order valence-corrected chi connectivity index (χ0v) is 23.6. The number of benzene rings is 3. The van der Waals surface area contributed by atoms with Crippen molar-refractivity contribution in [3.63, 3.8) is 0 Å². The zero-order chi connectivity index (χ0) is 30.4. The van der Waals surface area contributed by atoms with E-state index in [9.17, 15) is 36.3 Å². The molecule has 2 atom stereocenters. The summed E-state index contributed by atoms with van der Waals surface area (Å²) in [5, 5.41) is 6.14. The highest BCUT2D eigenvalue weighted by molar-refractivity contribution is 6.53. The van der Waals surface area contributed by atoms with Crippen molar-refractivity contribution in [2.24, 2.45) is 5.92 Å². The predicted molar refractivity (Wildman–Crippen MR) is 146 cm³/mol. The number of halogens is 10. The topological polar surface area (TPSA) is 87.3 Å². The molecular weight excluding hydrogens is 663 g/mol. The average molecular weight is 676 g/mol. The van der Waals surface area contributed by atoms with Gasteiger partial charge in [0, 0.05) is 17.3 Å². The van der Waals surface area contributed by atoms with Gasteiger partial charge in [0.2, 0.25) is 5.91 Å². The highest BCUT2D eigenvalue weighted by atomic mass is 35.5. The fourth-order valence-corrected chi connectivity index (χ4v) is 5.26. The molecule has 0 bridgehead atoms. The average Bonchev–Trinajstić information content (AvgIpc) is 3.45. The summed E-state index contributed by atoms with van der Waals surface area (Å²) in [5.41, 5.74) is -1.56. The maximum atomic E-state index is 14.5. The van der Waals surface area contributed by atoms with Crippen LogP contribution in [0.1, 0.15) is 21.8 Å². The van der Waals surface area contributed by atoms with E-state index in [0.717, 1.165) is 6.07 Å². The number of amides is 3. The Morgan fingerprint density at radius 3 is 1.95 bits per heavy atom. The molecule has 0 saturated heterocycles. The molecule has 0 heterocycles. The number of alkyl halides is 5. The van der Waals surface area contributed by atoms with Crippen LogP contribution < -0.4 is 16.0 Å². The van der Waals surface area contributed by atoms with Crippen molar-refractivity contribution in [1.29, 1.82) is 0 Å². The Morgan fingerprint density at radius 1 is 0.756 bits per heavy atom. The van der Waals surface area contributed by atoms with Gasteiger partial charge < -0.3 is 16.0 Å². The summed E-state index contributed by atoms with van der Waals surface area (Å²) in [5.74, 6) is -8.72. The van der Waals surface area contributed by atoms with E-state index in [0.29, 0.717) is 22.7 Å². The molecule has 0 radical (unpaired) electrons. The molecule has 1 saturated carbocycles. The minimum atomic E-state index is -5.30. The molecule has 0 aliphatic heterocycles. The Hall–Kier alpha value is -2.83. The molecule has 3 aromatic carbocycles. The molecule has 1 aliphatic rings. The van der Waals surface area contributed by atoms with Crippen LogP contribution in [-0.2, 0) is 9.59 Å². The highest BCUT2D eigenvalue weighted by Gasteiger charge is 2.67. The van der Waals surface area contributed by atoms with Gasteiger partial charge in [0.05, 0.1) is 26.5 Å². The van der Waals surface area contributed by atoms with Crippen LogP contribution in [0.4, 0.5) is 39.0 Å². The minimum absolute atomic E-state index is 0.0552. The molecule has 16 heteroatoms. The Balaban J connectivity index is 1.49. The molecule has 6 nitrogen and oxygen atoms in total. The smallest absolute Gasteiger partial charge is 0.326 e. The van der Waals surface area contributed by atoms with Crippen LogP contribution in [0.15, 0.2) is 48.5 Å².